The maximum absolute atomic E-state index is 8.46. The molecule has 0 aliphatic rings. The molecule has 0 aliphatic heterocycles. The van der Waals surface area contributed by atoms with Gasteiger partial charge in [0.25, 0.3) is 0 Å². The lowest BCUT2D eigenvalue weighted by Crippen LogP contribution is -1.92. The standard InChI is InChI=1S/C6H7N3O/c1-9-4-8-5(3-7)6(9)10-2/h4H,1-2H3. The molecule has 1 rings (SSSR count). The van der Waals surface area contributed by atoms with Gasteiger partial charge in [0.05, 0.1) is 13.4 Å². The minimum absolute atomic E-state index is 0.324. The summed E-state index contributed by atoms with van der Waals surface area (Å²) in [5.74, 6) is 0.502. The molecule has 0 bridgehead atoms. The SMILES string of the molecule is COc1c(C#N)ncn1C. The van der Waals surface area contributed by atoms with Crippen molar-refractivity contribution in [3.05, 3.63) is 12.0 Å². The molecule has 1 heterocycles. The Morgan fingerprint density at radius 3 is 2.90 bits per heavy atom. The second kappa shape index (κ2) is 2.40. The van der Waals surface area contributed by atoms with E-state index in [0.717, 1.165) is 0 Å². The van der Waals surface area contributed by atoms with Gasteiger partial charge in [-0.05, 0) is 0 Å². The average molecular weight is 137 g/mol. The lowest BCUT2D eigenvalue weighted by Gasteiger charge is -1.97. The Bertz CT molecular complexity index is 271. The van der Waals surface area contributed by atoms with Crippen molar-refractivity contribution in [2.45, 2.75) is 0 Å². The van der Waals surface area contributed by atoms with E-state index >= 15 is 0 Å². The second-order valence-corrected chi connectivity index (χ2v) is 1.83. The Morgan fingerprint density at radius 1 is 1.80 bits per heavy atom. The van der Waals surface area contributed by atoms with Gasteiger partial charge in [-0.2, -0.15) is 5.26 Å². The number of aromatic nitrogens is 2. The van der Waals surface area contributed by atoms with E-state index in [-0.39, 0.29) is 0 Å². The van der Waals surface area contributed by atoms with Gasteiger partial charge in [0, 0.05) is 7.05 Å². The minimum Gasteiger partial charge on any atom is -0.480 e. The van der Waals surface area contributed by atoms with Crippen LogP contribution in [0.1, 0.15) is 5.69 Å². The van der Waals surface area contributed by atoms with Gasteiger partial charge in [0.1, 0.15) is 6.07 Å². The maximum Gasteiger partial charge on any atom is 0.232 e. The Balaban J connectivity index is 3.16. The molecule has 0 unspecified atom stereocenters. The number of imidazole rings is 1. The molecule has 0 atom stereocenters. The fourth-order valence-corrected chi connectivity index (χ4v) is 0.736. The van der Waals surface area contributed by atoms with Crippen LogP contribution >= 0.6 is 0 Å². The van der Waals surface area contributed by atoms with Crippen LogP contribution in [0.2, 0.25) is 0 Å². The van der Waals surface area contributed by atoms with Crippen LogP contribution in [0.25, 0.3) is 0 Å². The Labute approximate surface area is 58.7 Å². The van der Waals surface area contributed by atoms with Crippen molar-refractivity contribution in [1.29, 1.82) is 5.26 Å². The van der Waals surface area contributed by atoms with Gasteiger partial charge in [-0.15, -0.1) is 0 Å². The highest BCUT2D eigenvalue weighted by molar-refractivity contribution is 5.31. The molecule has 0 N–H and O–H groups in total. The molecule has 0 saturated heterocycles. The fourth-order valence-electron chi connectivity index (χ4n) is 0.736. The molecule has 4 heteroatoms. The summed E-state index contributed by atoms with van der Waals surface area (Å²) in [5.41, 5.74) is 0.324. The molecule has 1 aromatic heterocycles. The third-order valence-electron chi connectivity index (χ3n) is 1.18. The number of rotatable bonds is 1. The normalized spacial score (nSPS) is 8.90. The number of methoxy groups -OCH3 is 1. The monoisotopic (exact) mass is 137 g/mol. The van der Waals surface area contributed by atoms with Crippen molar-refractivity contribution in [2.75, 3.05) is 7.11 Å². The summed E-state index contributed by atoms with van der Waals surface area (Å²) in [6.45, 7) is 0. The van der Waals surface area contributed by atoms with E-state index in [9.17, 15) is 0 Å². The molecule has 1 aromatic rings. The van der Waals surface area contributed by atoms with E-state index in [1.807, 2.05) is 6.07 Å². The van der Waals surface area contributed by atoms with Crippen LogP contribution in [-0.2, 0) is 7.05 Å². The lowest BCUT2D eigenvalue weighted by molar-refractivity contribution is 0.381. The highest BCUT2D eigenvalue weighted by Gasteiger charge is 2.06. The number of hydrogen-bond acceptors (Lipinski definition) is 3. The Kier molecular flexibility index (Phi) is 1.59. The van der Waals surface area contributed by atoms with Crippen LogP contribution in [0.4, 0.5) is 0 Å². The molecule has 52 valence electrons. The first-order valence-electron chi connectivity index (χ1n) is 2.75. The minimum atomic E-state index is 0.324. The summed E-state index contributed by atoms with van der Waals surface area (Å²) >= 11 is 0. The Hall–Kier alpha value is -1.50. The van der Waals surface area contributed by atoms with Gasteiger partial charge < -0.3 is 9.30 Å². The molecule has 4 nitrogen and oxygen atoms in total. The van der Waals surface area contributed by atoms with Crippen LogP contribution in [0.15, 0.2) is 6.33 Å². The van der Waals surface area contributed by atoms with Crippen LogP contribution in [-0.4, -0.2) is 16.7 Å². The highest BCUT2D eigenvalue weighted by atomic mass is 16.5. The quantitative estimate of drug-likeness (QED) is 0.559. The van der Waals surface area contributed by atoms with E-state index in [1.165, 1.54) is 13.4 Å². The molecule has 0 radical (unpaired) electrons. The van der Waals surface area contributed by atoms with Crippen LogP contribution in [0.3, 0.4) is 0 Å². The molecule has 0 aromatic carbocycles. The van der Waals surface area contributed by atoms with Crippen molar-refractivity contribution in [1.82, 2.24) is 9.55 Å². The van der Waals surface area contributed by atoms with Crippen molar-refractivity contribution in [3.63, 3.8) is 0 Å². The second-order valence-electron chi connectivity index (χ2n) is 1.83. The van der Waals surface area contributed by atoms with Crippen molar-refractivity contribution < 1.29 is 4.74 Å². The lowest BCUT2D eigenvalue weighted by atomic mass is 10.5. The summed E-state index contributed by atoms with van der Waals surface area (Å²) in [4.78, 5) is 3.78. The first-order valence-corrected chi connectivity index (χ1v) is 2.75. The zero-order chi connectivity index (χ0) is 7.56. The predicted octanol–water partition coefficient (Wildman–Crippen LogP) is 0.300. The molecule has 0 aliphatic carbocycles. The molecule has 0 saturated carbocycles. The van der Waals surface area contributed by atoms with Crippen molar-refractivity contribution in [2.24, 2.45) is 7.05 Å². The van der Waals surface area contributed by atoms with Crippen LogP contribution in [0, 0.1) is 11.3 Å². The molecule has 0 fully saturated rings. The van der Waals surface area contributed by atoms with Gasteiger partial charge in [-0.3, -0.25) is 0 Å². The van der Waals surface area contributed by atoms with E-state index in [0.29, 0.717) is 11.6 Å². The first kappa shape index (κ1) is 6.62. The van der Waals surface area contributed by atoms with Gasteiger partial charge in [-0.25, -0.2) is 4.98 Å². The first-order chi connectivity index (χ1) is 4.79. The zero-order valence-electron chi connectivity index (χ0n) is 5.83. The smallest absolute Gasteiger partial charge is 0.232 e. The number of hydrogen-bond donors (Lipinski definition) is 0. The van der Waals surface area contributed by atoms with E-state index in [4.69, 9.17) is 10.00 Å². The maximum atomic E-state index is 8.46. The third-order valence-corrected chi connectivity index (χ3v) is 1.18. The van der Waals surface area contributed by atoms with E-state index < -0.39 is 0 Å². The molecular weight excluding hydrogens is 130 g/mol. The van der Waals surface area contributed by atoms with Gasteiger partial charge in [0.2, 0.25) is 11.6 Å². The van der Waals surface area contributed by atoms with Crippen molar-refractivity contribution in [3.8, 4) is 11.9 Å². The van der Waals surface area contributed by atoms with Gasteiger partial charge in [0.15, 0.2) is 0 Å². The Morgan fingerprint density at radius 2 is 2.50 bits per heavy atom. The topological polar surface area (TPSA) is 50.8 Å². The summed E-state index contributed by atoms with van der Waals surface area (Å²) in [7, 11) is 3.28. The van der Waals surface area contributed by atoms with Crippen LogP contribution in [0.5, 0.6) is 5.88 Å². The summed E-state index contributed by atoms with van der Waals surface area (Å²) in [6.07, 6.45) is 1.54. The average Bonchev–Trinajstić information content (AvgIpc) is 2.30. The van der Waals surface area contributed by atoms with Crippen molar-refractivity contribution >= 4 is 0 Å². The number of aryl methyl sites for hydroxylation is 1. The predicted molar refractivity (Wildman–Crippen MR) is 34.5 cm³/mol. The summed E-state index contributed by atoms with van der Waals surface area (Å²) in [5, 5.41) is 8.46. The molecule has 0 amide bonds. The van der Waals surface area contributed by atoms with E-state index in [2.05, 4.69) is 4.98 Å². The third kappa shape index (κ3) is 0.818. The number of ether oxygens (including phenoxy) is 1. The summed E-state index contributed by atoms with van der Waals surface area (Å²) < 4.78 is 6.54. The molecule has 10 heavy (non-hydrogen) atoms. The largest absolute Gasteiger partial charge is 0.480 e. The summed E-state index contributed by atoms with van der Waals surface area (Å²) in [6, 6.07) is 1.91. The van der Waals surface area contributed by atoms with E-state index in [1.54, 1.807) is 11.6 Å². The fraction of sp³-hybridized carbons (Fsp3) is 0.333. The van der Waals surface area contributed by atoms with Gasteiger partial charge >= 0.3 is 0 Å². The molecular formula is C6H7N3O. The zero-order valence-corrected chi connectivity index (χ0v) is 5.83. The van der Waals surface area contributed by atoms with Crippen LogP contribution < -0.4 is 4.74 Å². The number of nitriles is 1. The molecule has 0 spiro atoms. The van der Waals surface area contributed by atoms with Gasteiger partial charge in [-0.1, -0.05) is 0 Å². The number of nitrogens with zero attached hydrogens (tertiary/aromatic N) is 3. The highest BCUT2D eigenvalue weighted by Crippen LogP contribution is 2.12.